The summed E-state index contributed by atoms with van der Waals surface area (Å²) in [6.45, 7) is 4.33. The molecule has 0 radical (unpaired) electrons. The van der Waals surface area contributed by atoms with Gasteiger partial charge in [0, 0.05) is 25.3 Å². The number of rotatable bonds is 5. The first-order valence-corrected chi connectivity index (χ1v) is 9.63. The Labute approximate surface area is 166 Å². The molecule has 28 heavy (non-hydrogen) atoms. The third-order valence-electron chi connectivity index (χ3n) is 5.14. The van der Waals surface area contributed by atoms with Gasteiger partial charge in [0.25, 0.3) is 0 Å². The zero-order valence-electron chi connectivity index (χ0n) is 16.0. The van der Waals surface area contributed by atoms with E-state index in [-0.39, 0.29) is 11.9 Å². The fraction of sp³-hybridized carbons (Fsp3) is 0.208. The predicted molar refractivity (Wildman–Crippen MR) is 112 cm³/mol. The standard InChI is InChI=1S/C24H24N2O2/c1-19-24(27)26(17-16-25(19)18-20-8-4-2-5-9-20)21-12-14-23(15-13-21)28-22-10-6-3-7-11-22/h2-15,19H,16-18H2,1H3/t19-/m1/s1. The van der Waals surface area contributed by atoms with Gasteiger partial charge in [0.2, 0.25) is 5.91 Å². The van der Waals surface area contributed by atoms with Crippen molar-refractivity contribution in [3.63, 3.8) is 0 Å². The Morgan fingerprint density at radius 1 is 0.821 bits per heavy atom. The lowest BCUT2D eigenvalue weighted by atomic mass is 10.1. The molecule has 3 aromatic rings. The fourth-order valence-electron chi connectivity index (χ4n) is 3.52. The first-order chi connectivity index (χ1) is 13.7. The van der Waals surface area contributed by atoms with E-state index in [2.05, 4.69) is 17.0 Å². The van der Waals surface area contributed by atoms with E-state index in [4.69, 9.17) is 4.74 Å². The van der Waals surface area contributed by atoms with Crippen molar-refractivity contribution in [1.82, 2.24) is 4.90 Å². The lowest BCUT2D eigenvalue weighted by molar-refractivity contribution is -0.125. The molecule has 1 atom stereocenters. The van der Waals surface area contributed by atoms with Gasteiger partial charge in [-0.3, -0.25) is 9.69 Å². The van der Waals surface area contributed by atoms with E-state index in [1.165, 1.54) is 5.56 Å². The normalized spacial score (nSPS) is 17.5. The molecule has 3 aromatic carbocycles. The van der Waals surface area contributed by atoms with Crippen molar-refractivity contribution in [2.24, 2.45) is 0 Å². The molecule has 0 unspecified atom stereocenters. The molecule has 1 aliphatic heterocycles. The molecule has 0 N–H and O–H groups in total. The Kier molecular flexibility index (Phi) is 5.40. The zero-order chi connectivity index (χ0) is 19.3. The maximum absolute atomic E-state index is 13.0. The number of carbonyl (C=O) groups is 1. The van der Waals surface area contributed by atoms with E-state index in [9.17, 15) is 4.79 Å². The minimum absolute atomic E-state index is 0.138. The van der Waals surface area contributed by atoms with Crippen molar-refractivity contribution in [2.45, 2.75) is 19.5 Å². The van der Waals surface area contributed by atoms with Gasteiger partial charge >= 0.3 is 0 Å². The molecule has 4 heteroatoms. The van der Waals surface area contributed by atoms with Crippen molar-refractivity contribution < 1.29 is 9.53 Å². The van der Waals surface area contributed by atoms with Gasteiger partial charge in [0.15, 0.2) is 0 Å². The van der Waals surface area contributed by atoms with Crippen molar-refractivity contribution in [2.75, 3.05) is 18.0 Å². The van der Waals surface area contributed by atoms with E-state index in [0.717, 1.165) is 30.3 Å². The number of amides is 1. The van der Waals surface area contributed by atoms with Crippen LogP contribution in [0, 0.1) is 0 Å². The second-order valence-electron chi connectivity index (χ2n) is 7.03. The van der Waals surface area contributed by atoms with Crippen molar-refractivity contribution in [1.29, 1.82) is 0 Å². The van der Waals surface area contributed by atoms with Gasteiger partial charge in [0.05, 0.1) is 6.04 Å². The SMILES string of the molecule is C[C@@H]1C(=O)N(c2ccc(Oc3ccccc3)cc2)CCN1Cc1ccccc1. The van der Waals surface area contributed by atoms with Gasteiger partial charge in [-0.1, -0.05) is 48.5 Å². The maximum Gasteiger partial charge on any atom is 0.244 e. The number of benzene rings is 3. The van der Waals surface area contributed by atoms with Crippen molar-refractivity contribution in [3.05, 3.63) is 90.5 Å². The number of hydrogen-bond acceptors (Lipinski definition) is 3. The molecule has 142 valence electrons. The van der Waals surface area contributed by atoms with Crippen molar-refractivity contribution >= 4 is 11.6 Å². The van der Waals surface area contributed by atoms with Crippen LogP contribution in [0.1, 0.15) is 12.5 Å². The average Bonchev–Trinajstić information content (AvgIpc) is 2.74. The summed E-state index contributed by atoms with van der Waals surface area (Å²) in [5.74, 6) is 1.70. The van der Waals surface area contributed by atoms with Crippen LogP contribution in [-0.2, 0) is 11.3 Å². The van der Waals surface area contributed by atoms with Crippen LogP contribution in [0.15, 0.2) is 84.9 Å². The summed E-state index contributed by atoms with van der Waals surface area (Å²) in [6, 6.07) is 27.6. The highest BCUT2D eigenvalue weighted by Gasteiger charge is 2.32. The molecule has 0 spiro atoms. The number of piperazine rings is 1. The van der Waals surface area contributed by atoms with Crippen LogP contribution in [0.4, 0.5) is 5.69 Å². The van der Waals surface area contributed by atoms with Crippen LogP contribution in [0.3, 0.4) is 0 Å². The lowest BCUT2D eigenvalue weighted by Crippen LogP contribution is -2.55. The summed E-state index contributed by atoms with van der Waals surface area (Å²) >= 11 is 0. The molecule has 0 aliphatic carbocycles. The maximum atomic E-state index is 13.0. The molecular weight excluding hydrogens is 348 g/mol. The summed E-state index contributed by atoms with van der Waals surface area (Å²) < 4.78 is 5.84. The number of carbonyl (C=O) groups excluding carboxylic acids is 1. The molecule has 0 aromatic heterocycles. The highest BCUT2D eigenvalue weighted by Crippen LogP contribution is 2.26. The van der Waals surface area contributed by atoms with Crippen LogP contribution in [-0.4, -0.2) is 29.9 Å². The Morgan fingerprint density at radius 2 is 1.43 bits per heavy atom. The van der Waals surface area contributed by atoms with Crippen LogP contribution in [0.25, 0.3) is 0 Å². The van der Waals surface area contributed by atoms with Crippen LogP contribution in [0.2, 0.25) is 0 Å². The predicted octanol–water partition coefficient (Wildman–Crippen LogP) is 4.72. The summed E-state index contributed by atoms with van der Waals surface area (Å²) in [6.07, 6.45) is 0. The number of hydrogen-bond donors (Lipinski definition) is 0. The van der Waals surface area contributed by atoms with Gasteiger partial charge in [-0.15, -0.1) is 0 Å². The highest BCUT2D eigenvalue weighted by atomic mass is 16.5. The van der Waals surface area contributed by atoms with Gasteiger partial charge < -0.3 is 9.64 Å². The summed E-state index contributed by atoms with van der Waals surface area (Å²) in [5.41, 5.74) is 2.15. The molecular formula is C24H24N2O2. The monoisotopic (exact) mass is 372 g/mol. The molecule has 0 bridgehead atoms. The van der Waals surface area contributed by atoms with E-state index < -0.39 is 0 Å². The Bertz CT molecular complexity index is 910. The summed E-state index contributed by atoms with van der Waals surface area (Å²) in [7, 11) is 0. The number of nitrogens with zero attached hydrogens (tertiary/aromatic N) is 2. The van der Waals surface area contributed by atoms with Crippen LogP contribution >= 0.6 is 0 Å². The van der Waals surface area contributed by atoms with E-state index >= 15 is 0 Å². The topological polar surface area (TPSA) is 32.8 Å². The molecule has 1 heterocycles. The number of anilines is 1. The highest BCUT2D eigenvalue weighted by molar-refractivity contribution is 5.97. The molecule has 1 fully saturated rings. The van der Waals surface area contributed by atoms with E-state index in [1.807, 2.05) is 84.6 Å². The lowest BCUT2D eigenvalue weighted by Gasteiger charge is -2.39. The Hall–Kier alpha value is -3.11. The molecule has 1 amide bonds. The smallest absolute Gasteiger partial charge is 0.244 e. The fourth-order valence-corrected chi connectivity index (χ4v) is 3.52. The Morgan fingerprint density at radius 3 is 2.11 bits per heavy atom. The molecule has 1 aliphatic rings. The molecule has 4 rings (SSSR count). The van der Waals surface area contributed by atoms with Gasteiger partial charge in [0.1, 0.15) is 11.5 Å². The number of ether oxygens (including phenoxy) is 1. The molecule has 4 nitrogen and oxygen atoms in total. The minimum Gasteiger partial charge on any atom is -0.457 e. The van der Waals surface area contributed by atoms with E-state index in [0.29, 0.717) is 6.54 Å². The molecule has 1 saturated heterocycles. The largest absolute Gasteiger partial charge is 0.457 e. The van der Waals surface area contributed by atoms with Crippen LogP contribution < -0.4 is 9.64 Å². The summed E-state index contributed by atoms with van der Waals surface area (Å²) in [5, 5.41) is 0. The Balaban J connectivity index is 1.42. The first-order valence-electron chi connectivity index (χ1n) is 9.63. The van der Waals surface area contributed by atoms with Gasteiger partial charge in [-0.05, 0) is 48.9 Å². The third-order valence-corrected chi connectivity index (χ3v) is 5.14. The van der Waals surface area contributed by atoms with Gasteiger partial charge in [-0.25, -0.2) is 0 Å². The minimum atomic E-state index is -0.144. The quantitative estimate of drug-likeness (QED) is 0.650. The van der Waals surface area contributed by atoms with Gasteiger partial charge in [-0.2, -0.15) is 0 Å². The second kappa shape index (κ2) is 8.28. The molecule has 0 saturated carbocycles. The zero-order valence-corrected chi connectivity index (χ0v) is 16.0. The van der Waals surface area contributed by atoms with E-state index in [1.54, 1.807) is 0 Å². The first kappa shape index (κ1) is 18.3. The third kappa shape index (κ3) is 4.07. The van der Waals surface area contributed by atoms with Crippen LogP contribution in [0.5, 0.6) is 11.5 Å². The average molecular weight is 372 g/mol. The van der Waals surface area contributed by atoms with Crippen molar-refractivity contribution in [3.8, 4) is 11.5 Å². The number of para-hydroxylation sites is 1. The summed E-state index contributed by atoms with van der Waals surface area (Å²) in [4.78, 5) is 17.1. The second-order valence-corrected chi connectivity index (χ2v) is 7.03.